The number of nitrogens with zero attached hydrogens (tertiary/aromatic N) is 2. The van der Waals surface area contributed by atoms with Gasteiger partial charge in [-0.25, -0.2) is 9.78 Å². The maximum Gasteiger partial charge on any atom is 0.337 e. The number of hydrogen-bond acceptors (Lipinski definition) is 2. The van der Waals surface area contributed by atoms with E-state index in [2.05, 4.69) is 11.9 Å². The zero-order valence-electron chi connectivity index (χ0n) is 7.94. The number of rotatable bonds is 2. The number of alkyl halides is 2. The lowest BCUT2D eigenvalue weighted by molar-refractivity contribution is -0.135. The van der Waals surface area contributed by atoms with Gasteiger partial charge in [0.1, 0.15) is 5.82 Å². The molecule has 0 bridgehead atoms. The van der Waals surface area contributed by atoms with Crippen molar-refractivity contribution < 1.29 is 9.90 Å². The number of carboxylic acids is 1. The van der Waals surface area contributed by atoms with E-state index in [1.54, 1.807) is 0 Å². The highest BCUT2D eigenvalue weighted by molar-refractivity contribution is 6.52. The zero-order valence-corrected chi connectivity index (χ0v) is 9.46. The van der Waals surface area contributed by atoms with Crippen molar-refractivity contribution in [3.63, 3.8) is 0 Å². The summed E-state index contributed by atoms with van der Waals surface area (Å²) in [7, 11) is 2.01. The molecule has 80 valence electrons. The molecular weight excluding hydrogens is 227 g/mol. The van der Waals surface area contributed by atoms with Gasteiger partial charge in [0.15, 0.2) is 0 Å². The van der Waals surface area contributed by atoms with Crippen LogP contribution in [0.25, 0.3) is 0 Å². The van der Waals surface area contributed by atoms with Crippen molar-refractivity contribution in [2.75, 3.05) is 0 Å². The van der Waals surface area contributed by atoms with Crippen molar-refractivity contribution in [2.24, 2.45) is 7.05 Å². The molecule has 1 aromatic rings. The van der Waals surface area contributed by atoms with E-state index in [9.17, 15) is 4.79 Å². The van der Waals surface area contributed by atoms with E-state index in [4.69, 9.17) is 28.3 Å². The summed E-state index contributed by atoms with van der Waals surface area (Å²) in [6.45, 7) is 2.10. The summed E-state index contributed by atoms with van der Waals surface area (Å²) in [5.74, 6) is -0.0664. The van der Waals surface area contributed by atoms with Crippen LogP contribution in [0.2, 0.25) is 0 Å². The Bertz CT molecular complexity index is 287. The average Bonchev–Trinajstić information content (AvgIpc) is 2.51. The fourth-order valence-electron chi connectivity index (χ4n) is 0.737. The number of hydrogen-bond donors (Lipinski definition) is 1. The van der Waals surface area contributed by atoms with Gasteiger partial charge < -0.3 is 9.67 Å². The second-order valence-corrected chi connectivity index (χ2v) is 3.54. The first kappa shape index (κ1) is 13.3. The summed E-state index contributed by atoms with van der Waals surface area (Å²) in [4.78, 5) is 12.2. The van der Waals surface area contributed by atoms with Gasteiger partial charge in [-0.15, -0.1) is 0 Å². The van der Waals surface area contributed by atoms with Crippen molar-refractivity contribution >= 4 is 29.2 Å². The maximum atomic E-state index is 9.44. The molecule has 0 spiro atoms. The van der Waals surface area contributed by atoms with Crippen LogP contribution < -0.4 is 0 Å². The van der Waals surface area contributed by atoms with E-state index in [0.29, 0.717) is 0 Å². The number of aryl methyl sites for hydroxylation is 2. The Morgan fingerprint density at radius 3 is 2.36 bits per heavy atom. The molecule has 0 aliphatic heterocycles. The van der Waals surface area contributed by atoms with Gasteiger partial charge in [0, 0.05) is 25.9 Å². The fourth-order valence-corrected chi connectivity index (χ4v) is 0.737. The minimum Gasteiger partial charge on any atom is -0.479 e. The van der Waals surface area contributed by atoms with Crippen LogP contribution in [0.5, 0.6) is 0 Å². The second kappa shape index (κ2) is 6.68. The summed E-state index contributed by atoms with van der Waals surface area (Å²) >= 11 is 9.56. The van der Waals surface area contributed by atoms with E-state index in [0.717, 1.165) is 12.2 Å². The van der Waals surface area contributed by atoms with Crippen LogP contribution >= 0.6 is 23.2 Å². The lowest BCUT2D eigenvalue weighted by Crippen LogP contribution is -2.03. The molecule has 0 radical (unpaired) electrons. The van der Waals surface area contributed by atoms with Crippen LogP contribution in [0.1, 0.15) is 12.7 Å². The van der Waals surface area contributed by atoms with E-state index < -0.39 is 10.8 Å². The Labute approximate surface area is 92.5 Å². The first-order valence-corrected chi connectivity index (χ1v) is 4.83. The van der Waals surface area contributed by atoms with E-state index in [1.807, 2.05) is 24.0 Å². The number of carboxylic acid groups (broad SMARTS) is 1. The number of carbonyl (C=O) groups is 1. The SMILES string of the molecule is CCc1nccn1C.O=C(O)C(Cl)Cl. The molecule has 1 N–H and O–H groups in total. The first-order chi connectivity index (χ1) is 6.49. The predicted molar refractivity (Wildman–Crippen MR) is 55.7 cm³/mol. The Kier molecular flexibility index (Phi) is 6.32. The van der Waals surface area contributed by atoms with Crippen LogP contribution in [-0.4, -0.2) is 25.5 Å². The smallest absolute Gasteiger partial charge is 0.337 e. The highest BCUT2D eigenvalue weighted by Gasteiger charge is 2.05. The molecule has 0 aromatic carbocycles. The molecule has 0 fully saturated rings. The Morgan fingerprint density at radius 2 is 2.21 bits per heavy atom. The topological polar surface area (TPSA) is 55.1 Å². The van der Waals surface area contributed by atoms with E-state index in [1.165, 1.54) is 0 Å². The minimum absolute atomic E-state index is 1.02. The molecule has 14 heavy (non-hydrogen) atoms. The van der Waals surface area contributed by atoms with Crippen LogP contribution in [-0.2, 0) is 18.3 Å². The van der Waals surface area contributed by atoms with Gasteiger partial charge in [-0.05, 0) is 0 Å². The maximum absolute atomic E-state index is 9.44. The molecule has 6 heteroatoms. The van der Waals surface area contributed by atoms with Gasteiger partial charge in [-0.3, -0.25) is 0 Å². The average molecular weight is 239 g/mol. The molecule has 0 amide bonds. The van der Waals surface area contributed by atoms with E-state index >= 15 is 0 Å². The van der Waals surface area contributed by atoms with Crippen molar-refractivity contribution in [1.82, 2.24) is 9.55 Å². The highest BCUT2D eigenvalue weighted by Crippen LogP contribution is 1.98. The molecule has 1 rings (SSSR count). The first-order valence-electron chi connectivity index (χ1n) is 3.96. The van der Waals surface area contributed by atoms with Crippen molar-refractivity contribution in [3.8, 4) is 0 Å². The Balaban J connectivity index is 0.000000255. The Morgan fingerprint density at radius 1 is 1.71 bits per heavy atom. The molecule has 0 saturated carbocycles. The third-order valence-electron chi connectivity index (χ3n) is 1.42. The van der Waals surface area contributed by atoms with Crippen molar-refractivity contribution in [2.45, 2.75) is 18.2 Å². The molecule has 0 unspecified atom stereocenters. The van der Waals surface area contributed by atoms with E-state index in [-0.39, 0.29) is 0 Å². The van der Waals surface area contributed by atoms with Gasteiger partial charge in [0.2, 0.25) is 4.84 Å². The molecule has 1 aromatic heterocycles. The van der Waals surface area contributed by atoms with Crippen LogP contribution in [0.15, 0.2) is 12.4 Å². The zero-order chi connectivity index (χ0) is 11.1. The van der Waals surface area contributed by atoms with Gasteiger partial charge in [-0.1, -0.05) is 30.1 Å². The third-order valence-corrected chi connectivity index (χ3v) is 1.80. The second-order valence-electron chi connectivity index (χ2n) is 2.45. The number of halogens is 2. The molecule has 0 atom stereocenters. The van der Waals surface area contributed by atoms with Crippen molar-refractivity contribution in [3.05, 3.63) is 18.2 Å². The summed E-state index contributed by atoms with van der Waals surface area (Å²) in [5, 5.41) is 7.73. The normalized spacial score (nSPS) is 9.50. The lowest BCUT2D eigenvalue weighted by Gasteiger charge is -1.92. The Hall–Kier alpha value is -0.740. The molecule has 0 aliphatic rings. The summed E-state index contributed by atoms with van der Waals surface area (Å²) in [6.07, 6.45) is 4.79. The summed E-state index contributed by atoms with van der Waals surface area (Å²) in [5.41, 5.74) is 0. The standard InChI is InChI=1S/C6H10N2.C2H2Cl2O2/c1-3-6-7-4-5-8(6)2;3-1(4)2(5)6/h4-5H,3H2,1-2H3;1H,(H,5,6). The van der Waals surface area contributed by atoms with Gasteiger partial charge in [0.05, 0.1) is 0 Å². The minimum atomic E-state index is -1.29. The number of aliphatic carboxylic acids is 1. The fraction of sp³-hybridized carbons (Fsp3) is 0.500. The van der Waals surface area contributed by atoms with Crippen LogP contribution in [0.4, 0.5) is 0 Å². The largest absolute Gasteiger partial charge is 0.479 e. The summed E-state index contributed by atoms with van der Waals surface area (Å²) in [6, 6.07) is 0. The predicted octanol–water partition coefficient (Wildman–Crippen LogP) is 1.86. The lowest BCUT2D eigenvalue weighted by atomic mass is 10.5. The highest BCUT2D eigenvalue weighted by atomic mass is 35.5. The molecule has 4 nitrogen and oxygen atoms in total. The van der Waals surface area contributed by atoms with Gasteiger partial charge in [0.25, 0.3) is 0 Å². The quantitative estimate of drug-likeness (QED) is 0.801. The molecular formula is C8H12Cl2N2O2. The third kappa shape index (κ3) is 5.09. The molecule has 1 heterocycles. The monoisotopic (exact) mass is 238 g/mol. The number of aromatic nitrogens is 2. The van der Waals surface area contributed by atoms with Gasteiger partial charge >= 0.3 is 5.97 Å². The van der Waals surface area contributed by atoms with Crippen LogP contribution in [0.3, 0.4) is 0 Å². The number of imidazole rings is 1. The molecule has 0 saturated heterocycles. The molecule has 0 aliphatic carbocycles. The summed E-state index contributed by atoms with van der Waals surface area (Å²) < 4.78 is 2.03. The van der Waals surface area contributed by atoms with Crippen LogP contribution in [0, 0.1) is 0 Å². The van der Waals surface area contributed by atoms with Crippen molar-refractivity contribution in [1.29, 1.82) is 0 Å². The van der Waals surface area contributed by atoms with Gasteiger partial charge in [-0.2, -0.15) is 0 Å².